The van der Waals surface area contributed by atoms with Crippen molar-refractivity contribution in [1.29, 1.82) is 0 Å². The molecule has 2 saturated carbocycles. The van der Waals surface area contributed by atoms with Crippen molar-refractivity contribution in [2.45, 2.75) is 76.4 Å². The van der Waals surface area contributed by atoms with Crippen molar-refractivity contribution in [2.75, 3.05) is 17.7 Å². The Morgan fingerprint density at radius 2 is 1.60 bits per heavy atom. The number of rotatable bonds is 8. The molecule has 4 rings (SSSR count). The summed E-state index contributed by atoms with van der Waals surface area (Å²) in [4.78, 5) is 41.2. The Bertz CT molecular complexity index is 1060. The van der Waals surface area contributed by atoms with E-state index in [1.807, 2.05) is 0 Å². The molecule has 0 aliphatic heterocycles. The Labute approximate surface area is 209 Å². The van der Waals surface area contributed by atoms with E-state index in [0.717, 1.165) is 62.9 Å². The Hall–Kier alpha value is -3.14. The van der Waals surface area contributed by atoms with Crippen molar-refractivity contribution in [3.8, 4) is 5.75 Å². The van der Waals surface area contributed by atoms with Crippen LogP contribution in [0.3, 0.4) is 0 Å². The van der Waals surface area contributed by atoms with Crippen molar-refractivity contribution >= 4 is 40.6 Å². The number of methoxy groups -OCH3 is 1. The topological polar surface area (TPSA) is 127 Å². The standard InChI is InChI=1S/C25H33N5O4S/c1-15(23(31)27-16-7-3-4-8-16)30(18-11-13-19(34-2)14-12-18)25(33)22-20(26)21(29-35-22)24(32)28-17-9-5-6-10-17/h11-17H,3-10,26H2,1-2H3,(H,27,31)(H,28,32). The van der Waals surface area contributed by atoms with Gasteiger partial charge in [0.05, 0.1) is 12.8 Å². The molecule has 0 spiro atoms. The summed E-state index contributed by atoms with van der Waals surface area (Å²) in [6.07, 6.45) is 8.08. The molecule has 0 saturated heterocycles. The first-order valence-corrected chi connectivity index (χ1v) is 13.0. The minimum atomic E-state index is -0.797. The average Bonchev–Trinajstić information content (AvgIpc) is 3.62. The summed E-state index contributed by atoms with van der Waals surface area (Å²) in [6.45, 7) is 1.69. The maximum Gasteiger partial charge on any atom is 0.273 e. The van der Waals surface area contributed by atoms with Gasteiger partial charge in [-0.2, -0.15) is 4.37 Å². The lowest BCUT2D eigenvalue weighted by molar-refractivity contribution is -0.122. The molecule has 1 aromatic heterocycles. The zero-order valence-electron chi connectivity index (χ0n) is 20.2. The summed E-state index contributed by atoms with van der Waals surface area (Å²) in [5.41, 5.74) is 6.89. The molecule has 2 aliphatic carbocycles. The number of anilines is 2. The molecular weight excluding hydrogens is 466 g/mol. The maximum absolute atomic E-state index is 13.8. The van der Waals surface area contributed by atoms with Crippen LogP contribution in [0.4, 0.5) is 11.4 Å². The molecule has 10 heteroatoms. The highest BCUT2D eigenvalue weighted by Crippen LogP contribution is 2.29. The molecule has 9 nitrogen and oxygen atoms in total. The molecule has 2 aliphatic rings. The molecule has 35 heavy (non-hydrogen) atoms. The van der Waals surface area contributed by atoms with E-state index < -0.39 is 11.9 Å². The molecule has 2 aromatic rings. The van der Waals surface area contributed by atoms with Gasteiger partial charge in [0.1, 0.15) is 16.7 Å². The van der Waals surface area contributed by atoms with Gasteiger partial charge in [0.25, 0.3) is 11.8 Å². The number of nitrogens with one attached hydrogen (secondary N) is 2. The molecule has 3 amide bonds. The van der Waals surface area contributed by atoms with Crippen LogP contribution in [-0.4, -0.2) is 47.3 Å². The fourth-order valence-corrected chi connectivity index (χ4v) is 5.55. The van der Waals surface area contributed by atoms with E-state index >= 15 is 0 Å². The first-order valence-electron chi connectivity index (χ1n) is 12.2. The maximum atomic E-state index is 13.8. The fourth-order valence-electron chi connectivity index (χ4n) is 4.82. The third kappa shape index (κ3) is 5.58. The summed E-state index contributed by atoms with van der Waals surface area (Å²) in [5.74, 6) is -0.442. The Morgan fingerprint density at radius 3 is 2.17 bits per heavy atom. The molecular formula is C25H33N5O4S. The number of carbonyl (C=O) groups is 3. The summed E-state index contributed by atoms with van der Waals surface area (Å²) in [7, 11) is 1.56. The quantitative estimate of drug-likeness (QED) is 0.510. The molecule has 188 valence electrons. The van der Waals surface area contributed by atoms with Crippen LogP contribution in [0.15, 0.2) is 24.3 Å². The summed E-state index contributed by atoms with van der Waals surface area (Å²) in [5, 5.41) is 6.04. The van der Waals surface area contributed by atoms with E-state index in [0.29, 0.717) is 11.4 Å². The third-order valence-corrected chi connectivity index (χ3v) is 7.72. The molecule has 1 atom stereocenters. The van der Waals surface area contributed by atoms with Gasteiger partial charge in [-0.3, -0.25) is 19.3 Å². The molecule has 1 aromatic carbocycles. The second-order valence-corrected chi connectivity index (χ2v) is 10.0. The van der Waals surface area contributed by atoms with E-state index in [1.165, 1.54) is 4.90 Å². The van der Waals surface area contributed by atoms with E-state index in [1.54, 1.807) is 38.3 Å². The van der Waals surface area contributed by atoms with Crippen molar-refractivity contribution in [2.24, 2.45) is 0 Å². The molecule has 0 radical (unpaired) electrons. The predicted octanol–water partition coefficient (Wildman–Crippen LogP) is 3.50. The number of carbonyl (C=O) groups excluding carboxylic acids is 3. The van der Waals surface area contributed by atoms with Gasteiger partial charge in [-0.25, -0.2) is 0 Å². The Balaban J connectivity index is 1.59. The number of hydrogen-bond acceptors (Lipinski definition) is 7. The van der Waals surface area contributed by atoms with Gasteiger partial charge in [-0.05, 0) is 68.4 Å². The van der Waals surface area contributed by atoms with Crippen LogP contribution < -0.4 is 26.0 Å². The van der Waals surface area contributed by atoms with Crippen LogP contribution in [0, 0.1) is 0 Å². The van der Waals surface area contributed by atoms with Crippen molar-refractivity contribution in [3.05, 3.63) is 34.8 Å². The van der Waals surface area contributed by atoms with Gasteiger partial charge >= 0.3 is 0 Å². The lowest BCUT2D eigenvalue weighted by Gasteiger charge is -2.29. The first-order chi connectivity index (χ1) is 16.9. The molecule has 1 unspecified atom stereocenters. The van der Waals surface area contributed by atoms with E-state index in [-0.39, 0.29) is 40.2 Å². The van der Waals surface area contributed by atoms with E-state index in [9.17, 15) is 14.4 Å². The lowest BCUT2D eigenvalue weighted by atomic mass is 10.1. The average molecular weight is 500 g/mol. The molecule has 2 fully saturated rings. The SMILES string of the molecule is COc1ccc(N(C(=O)c2snc(C(=O)NC3CCCC3)c2N)C(C)C(=O)NC2CCCC2)cc1. The van der Waals surface area contributed by atoms with Crippen LogP contribution in [0.5, 0.6) is 5.75 Å². The number of benzene rings is 1. The van der Waals surface area contributed by atoms with Gasteiger partial charge in [0.15, 0.2) is 5.69 Å². The minimum Gasteiger partial charge on any atom is -0.497 e. The highest BCUT2D eigenvalue weighted by atomic mass is 32.1. The fraction of sp³-hybridized carbons (Fsp3) is 0.520. The zero-order valence-corrected chi connectivity index (χ0v) is 21.0. The molecule has 1 heterocycles. The summed E-state index contributed by atoms with van der Waals surface area (Å²) in [6, 6.07) is 6.34. The normalized spacial score (nSPS) is 17.2. The van der Waals surface area contributed by atoms with E-state index in [2.05, 4.69) is 15.0 Å². The lowest BCUT2D eigenvalue weighted by Crippen LogP contribution is -2.50. The van der Waals surface area contributed by atoms with Crippen LogP contribution in [-0.2, 0) is 4.79 Å². The van der Waals surface area contributed by atoms with Crippen molar-refractivity contribution in [3.63, 3.8) is 0 Å². The van der Waals surface area contributed by atoms with Gasteiger partial charge in [-0.1, -0.05) is 25.7 Å². The smallest absolute Gasteiger partial charge is 0.273 e. The largest absolute Gasteiger partial charge is 0.497 e. The number of amides is 3. The zero-order chi connectivity index (χ0) is 24.9. The van der Waals surface area contributed by atoms with Crippen LogP contribution in [0.25, 0.3) is 0 Å². The van der Waals surface area contributed by atoms with Gasteiger partial charge in [0.2, 0.25) is 5.91 Å². The number of ether oxygens (including phenoxy) is 1. The Kier molecular flexibility index (Phi) is 7.90. The molecule has 4 N–H and O–H groups in total. The number of aromatic nitrogens is 1. The highest BCUT2D eigenvalue weighted by molar-refractivity contribution is 7.09. The van der Waals surface area contributed by atoms with Gasteiger partial charge in [-0.15, -0.1) is 0 Å². The van der Waals surface area contributed by atoms with Gasteiger partial charge < -0.3 is 21.1 Å². The van der Waals surface area contributed by atoms with E-state index in [4.69, 9.17) is 10.5 Å². The number of hydrogen-bond donors (Lipinski definition) is 3. The van der Waals surface area contributed by atoms with Crippen LogP contribution in [0.1, 0.15) is 78.5 Å². The van der Waals surface area contributed by atoms with Crippen LogP contribution in [0.2, 0.25) is 0 Å². The predicted molar refractivity (Wildman–Crippen MR) is 136 cm³/mol. The van der Waals surface area contributed by atoms with Crippen molar-refractivity contribution in [1.82, 2.24) is 15.0 Å². The van der Waals surface area contributed by atoms with Crippen LogP contribution >= 0.6 is 11.5 Å². The number of nitrogens with two attached hydrogens (primary N) is 1. The first kappa shape index (κ1) is 25.0. The summed E-state index contributed by atoms with van der Waals surface area (Å²) >= 11 is 0.880. The number of nitrogens with zero attached hydrogens (tertiary/aromatic N) is 2. The second kappa shape index (κ2) is 11.1. The minimum absolute atomic E-state index is 0.0393. The monoisotopic (exact) mass is 499 g/mol. The summed E-state index contributed by atoms with van der Waals surface area (Å²) < 4.78 is 9.44. The van der Waals surface area contributed by atoms with Crippen molar-refractivity contribution < 1.29 is 19.1 Å². The Morgan fingerprint density at radius 1 is 1.03 bits per heavy atom. The second-order valence-electron chi connectivity index (χ2n) is 9.27. The molecule has 0 bridgehead atoms. The highest BCUT2D eigenvalue weighted by Gasteiger charge is 2.34. The number of nitrogen functional groups attached to an aromatic ring is 1. The van der Waals surface area contributed by atoms with Gasteiger partial charge in [0, 0.05) is 17.8 Å². The third-order valence-electron chi connectivity index (χ3n) is 6.87.